The Bertz CT molecular complexity index is 340. The fraction of sp³-hybridized carbons (Fsp3) is 0.455. The molecule has 1 atom stereocenters. The molecule has 1 aromatic rings. The average Bonchev–Trinajstić information content (AvgIpc) is 2.27. The lowest BCUT2D eigenvalue weighted by Gasteiger charge is -2.14. The van der Waals surface area contributed by atoms with Gasteiger partial charge in [0, 0.05) is 6.04 Å². The van der Waals surface area contributed by atoms with Crippen molar-refractivity contribution >= 4 is 23.4 Å². The third-order valence-corrected chi connectivity index (χ3v) is 2.79. The van der Waals surface area contributed by atoms with E-state index in [0.29, 0.717) is 6.04 Å². The van der Waals surface area contributed by atoms with Gasteiger partial charge in [-0.05, 0) is 37.5 Å². The van der Waals surface area contributed by atoms with Gasteiger partial charge in [-0.3, -0.25) is 0 Å². The van der Waals surface area contributed by atoms with E-state index in [-0.39, 0.29) is 5.69 Å². The Morgan fingerprint density at radius 1 is 1.62 bits per heavy atom. The van der Waals surface area contributed by atoms with E-state index < -0.39 is 5.97 Å². The standard InChI is InChI=1S/C11H16N2O2S/c1-8(5-6-16-2)13-9-3-4-10(11(14)15)12-7-9/h3-4,7-8,13H,5-6H2,1-2H3,(H,14,15). The zero-order chi connectivity index (χ0) is 12.0. The molecule has 5 heteroatoms. The fourth-order valence-corrected chi connectivity index (χ4v) is 1.85. The third-order valence-electron chi connectivity index (χ3n) is 2.15. The number of pyridine rings is 1. The zero-order valence-corrected chi connectivity index (χ0v) is 10.3. The molecule has 1 unspecified atom stereocenters. The third kappa shape index (κ3) is 4.10. The van der Waals surface area contributed by atoms with Gasteiger partial charge < -0.3 is 10.4 Å². The van der Waals surface area contributed by atoms with Crippen LogP contribution in [0.15, 0.2) is 18.3 Å². The number of thioether (sulfide) groups is 1. The minimum Gasteiger partial charge on any atom is -0.477 e. The average molecular weight is 240 g/mol. The number of hydrogen-bond donors (Lipinski definition) is 2. The van der Waals surface area contributed by atoms with E-state index in [9.17, 15) is 4.79 Å². The van der Waals surface area contributed by atoms with Crippen molar-refractivity contribution in [2.24, 2.45) is 0 Å². The first-order valence-corrected chi connectivity index (χ1v) is 6.47. The van der Waals surface area contributed by atoms with Crippen molar-refractivity contribution in [1.29, 1.82) is 0 Å². The highest BCUT2D eigenvalue weighted by Crippen LogP contribution is 2.10. The number of aromatic nitrogens is 1. The first kappa shape index (κ1) is 12.8. The highest BCUT2D eigenvalue weighted by molar-refractivity contribution is 7.98. The summed E-state index contributed by atoms with van der Waals surface area (Å²) in [6, 6.07) is 3.61. The summed E-state index contributed by atoms with van der Waals surface area (Å²) in [5.74, 6) is 0.108. The maximum atomic E-state index is 10.6. The van der Waals surface area contributed by atoms with Gasteiger partial charge in [0.05, 0.1) is 11.9 Å². The van der Waals surface area contributed by atoms with Crippen LogP contribution in [0.3, 0.4) is 0 Å². The van der Waals surface area contributed by atoms with Crippen LogP contribution in [0.5, 0.6) is 0 Å². The summed E-state index contributed by atoms with van der Waals surface area (Å²) in [7, 11) is 0. The summed E-state index contributed by atoms with van der Waals surface area (Å²) in [6.45, 7) is 2.10. The fourth-order valence-electron chi connectivity index (χ4n) is 1.26. The number of hydrogen-bond acceptors (Lipinski definition) is 4. The van der Waals surface area contributed by atoms with E-state index >= 15 is 0 Å². The van der Waals surface area contributed by atoms with Crippen LogP contribution in [-0.4, -0.2) is 34.1 Å². The van der Waals surface area contributed by atoms with Crippen LogP contribution in [-0.2, 0) is 0 Å². The van der Waals surface area contributed by atoms with Gasteiger partial charge in [0.15, 0.2) is 0 Å². The van der Waals surface area contributed by atoms with E-state index in [1.165, 1.54) is 6.07 Å². The number of aromatic carboxylic acids is 1. The minimum absolute atomic E-state index is 0.0716. The smallest absolute Gasteiger partial charge is 0.354 e. The van der Waals surface area contributed by atoms with Crippen LogP contribution in [0.1, 0.15) is 23.8 Å². The van der Waals surface area contributed by atoms with Crippen molar-refractivity contribution in [3.63, 3.8) is 0 Å². The lowest BCUT2D eigenvalue weighted by molar-refractivity contribution is 0.0690. The molecule has 0 amide bonds. The molecule has 0 fully saturated rings. The van der Waals surface area contributed by atoms with Crippen molar-refractivity contribution in [3.05, 3.63) is 24.0 Å². The van der Waals surface area contributed by atoms with Gasteiger partial charge in [0.1, 0.15) is 5.69 Å². The Balaban J connectivity index is 2.51. The van der Waals surface area contributed by atoms with Gasteiger partial charge in [-0.25, -0.2) is 9.78 Å². The van der Waals surface area contributed by atoms with Crippen LogP contribution in [0.25, 0.3) is 0 Å². The molecular formula is C11H16N2O2S. The van der Waals surface area contributed by atoms with E-state index in [0.717, 1.165) is 17.9 Å². The Morgan fingerprint density at radius 3 is 2.88 bits per heavy atom. The Kier molecular flexibility index (Phi) is 5.11. The SMILES string of the molecule is CSCCC(C)Nc1ccc(C(=O)O)nc1. The highest BCUT2D eigenvalue weighted by Gasteiger charge is 2.05. The number of carboxylic acid groups (broad SMARTS) is 1. The number of nitrogens with zero attached hydrogens (tertiary/aromatic N) is 1. The van der Waals surface area contributed by atoms with Crippen LogP contribution in [0, 0.1) is 0 Å². The lowest BCUT2D eigenvalue weighted by atomic mass is 10.2. The van der Waals surface area contributed by atoms with E-state index in [1.54, 1.807) is 12.3 Å². The molecule has 88 valence electrons. The highest BCUT2D eigenvalue weighted by atomic mass is 32.2. The number of anilines is 1. The summed E-state index contributed by atoms with van der Waals surface area (Å²) >= 11 is 1.81. The molecule has 1 rings (SSSR count). The van der Waals surface area contributed by atoms with Crippen LogP contribution >= 0.6 is 11.8 Å². The van der Waals surface area contributed by atoms with Crippen molar-refractivity contribution in [2.45, 2.75) is 19.4 Å². The second-order valence-electron chi connectivity index (χ2n) is 3.56. The molecule has 4 nitrogen and oxygen atoms in total. The zero-order valence-electron chi connectivity index (χ0n) is 9.43. The Labute approximate surface area is 99.5 Å². The molecule has 1 aromatic heterocycles. The monoisotopic (exact) mass is 240 g/mol. The van der Waals surface area contributed by atoms with E-state index in [1.807, 2.05) is 11.8 Å². The number of carboxylic acids is 1. The quantitative estimate of drug-likeness (QED) is 0.799. The van der Waals surface area contributed by atoms with Crippen molar-refractivity contribution in [3.8, 4) is 0 Å². The molecule has 0 aliphatic heterocycles. The largest absolute Gasteiger partial charge is 0.477 e. The predicted molar refractivity (Wildman–Crippen MR) is 67.3 cm³/mol. The molecule has 0 bridgehead atoms. The summed E-state index contributed by atoms with van der Waals surface area (Å²) in [4.78, 5) is 14.4. The normalized spacial score (nSPS) is 12.1. The van der Waals surface area contributed by atoms with Crippen molar-refractivity contribution < 1.29 is 9.90 Å². The minimum atomic E-state index is -0.998. The first-order valence-electron chi connectivity index (χ1n) is 5.08. The molecule has 0 saturated heterocycles. The van der Waals surface area contributed by atoms with Crippen LogP contribution in [0.4, 0.5) is 5.69 Å². The summed E-state index contributed by atoms with van der Waals surface area (Å²) < 4.78 is 0. The number of rotatable bonds is 6. The summed E-state index contributed by atoms with van der Waals surface area (Å²) in [5, 5.41) is 12.0. The predicted octanol–water partition coefficient (Wildman–Crippen LogP) is 2.33. The van der Waals surface area contributed by atoms with Gasteiger partial charge in [0.2, 0.25) is 0 Å². The van der Waals surface area contributed by atoms with Gasteiger partial charge in [-0.1, -0.05) is 0 Å². The Morgan fingerprint density at radius 2 is 2.38 bits per heavy atom. The van der Waals surface area contributed by atoms with Crippen molar-refractivity contribution in [1.82, 2.24) is 4.98 Å². The van der Waals surface area contributed by atoms with E-state index in [4.69, 9.17) is 5.11 Å². The maximum Gasteiger partial charge on any atom is 0.354 e. The molecule has 0 spiro atoms. The summed E-state index contributed by atoms with van der Waals surface area (Å²) in [5.41, 5.74) is 0.931. The molecule has 0 aromatic carbocycles. The van der Waals surface area contributed by atoms with Crippen LogP contribution in [0.2, 0.25) is 0 Å². The lowest BCUT2D eigenvalue weighted by Crippen LogP contribution is -2.16. The molecule has 0 saturated carbocycles. The van der Waals surface area contributed by atoms with Gasteiger partial charge in [0.25, 0.3) is 0 Å². The van der Waals surface area contributed by atoms with E-state index in [2.05, 4.69) is 23.5 Å². The number of nitrogens with one attached hydrogen (secondary N) is 1. The molecular weight excluding hydrogens is 224 g/mol. The van der Waals surface area contributed by atoms with Gasteiger partial charge in [-0.15, -0.1) is 0 Å². The molecule has 1 heterocycles. The molecule has 16 heavy (non-hydrogen) atoms. The second-order valence-corrected chi connectivity index (χ2v) is 4.55. The second kappa shape index (κ2) is 6.37. The van der Waals surface area contributed by atoms with Crippen LogP contribution < -0.4 is 5.32 Å². The first-order chi connectivity index (χ1) is 7.63. The maximum absolute atomic E-state index is 10.6. The number of carbonyl (C=O) groups is 1. The molecule has 0 aliphatic rings. The topological polar surface area (TPSA) is 62.2 Å². The Hall–Kier alpha value is -1.23. The molecule has 0 aliphatic carbocycles. The van der Waals surface area contributed by atoms with Gasteiger partial charge >= 0.3 is 5.97 Å². The van der Waals surface area contributed by atoms with Gasteiger partial charge in [-0.2, -0.15) is 11.8 Å². The van der Waals surface area contributed by atoms with Crippen molar-refractivity contribution in [2.75, 3.05) is 17.3 Å². The summed E-state index contributed by atoms with van der Waals surface area (Å²) in [6.07, 6.45) is 4.71. The molecule has 0 radical (unpaired) electrons. The molecule has 2 N–H and O–H groups in total.